The van der Waals surface area contributed by atoms with Crippen LogP contribution in [0.25, 0.3) is 0 Å². The molecule has 2 nitrogen and oxygen atoms in total. The van der Waals surface area contributed by atoms with E-state index in [0.717, 1.165) is 5.76 Å². The highest BCUT2D eigenvalue weighted by Crippen LogP contribution is 2.24. The van der Waals surface area contributed by atoms with E-state index in [0.29, 0.717) is 0 Å². The van der Waals surface area contributed by atoms with Gasteiger partial charge in [0, 0.05) is 5.92 Å². The highest BCUT2D eigenvalue weighted by atomic mass is 28.4. The number of aliphatic hydroxyl groups is 1. The van der Waals surface area contributed by atoms with Gasteiger partial charge in [0.15, 0.2) is 0 Å². The van der Waals surface area contributed by atoms with Gasteiger partial charge in [0.25, 0.3) is 0 Å². The lowest BCUT2D eigenvalue weighted by molar-refractivity contribution is 0.0708. The Labute approximate surface area is 95.5 Å². The number of allylic oxidation sites excluding steroid dienone is 1. The van der Waals surface area contributed by atoms with Gasteiger partial charge in [0.2, 0.25) is 8.32 Å². The van der Waals surface area contributed by atoms with Crippen molar-refractivity contribution in [3.8, 4) is 0 Å². The molecule has 0 aliphatic heterocycles. The second-order valence-corrected chi connectivity index (χ2v) is 9.86. The molecule has 0 amide bonds. The molecule has 15 heavy (non-hydrogen) atoms. The molecule has 0 spiro atoms. The molecule has 0 aromatic carbocycles. The lowest BCUT2D eigenvalue weighted by Gasteiger charge is -2.29. The lowest BCUT2D eigenvalue weighted by atomic mass is 9.93. The Hall–Kier alpha value is -0.283. The van der Waals surface area contributed by atoms with Gasteiger partial charge in [-0.15, -0.1) is 0 Å². The van der Waals surface area contributed by atoms with Crippen molar-refractivity contribution in [3.05, 3.63) is 11.8 Å². The summed E-state index contributed by atoms with van der Waals surface area (Å²) >= 11 is 0. The van der Waals surface area contributed by atoms with Crippen LogP contribution in [0, 0.1) is 11.8 Å². The molecule has 0 bridgehead atoms. The summed E-state index contributed by atoms with van der Waals surface area (Å²) in [6.45, 7) is 14.5. The zero-order chi connectivity index (χ0) is 12.2. The second kappa shape index (κ2) is 5.71. The molecule has 0 aromatic heterocycles. The average molecular weight is 230 g/mol. The summed E-state index contributed by atoms with van der Waals surface area (Å²) in [5, 5.41) is 9.99. The van der Waals surface area contributed by atoms with E-state index in [1.165, 1.54) is 0 Å². The minimum absolute atomic E-state index is 0.0849. The minimum atomic E-state index is -1.56. The predicted molar refractivity (Wildman–Crippen MR) is 68.2 cm³/mol. The van der Waals surface area contributed by atoms with E-state index in [1.807, 2.05) is 33.8 Å². The Balaban J connectivity index is 4.57. The first-order valence-corrected chi connectivity index (χ1v) is 9.13. The van der Waals surface area contributed by atoms with Crippen LogP contribution in [0.2, 0.25) is 19.6 Å². The summed E-state index contributed by atoms with van der Waals surface area (Å²) in [7, 11) is -1.56. The second-order valence-electron chi connectivity index (χ2n) is 5.43. The highest BCUT2D eigenvalue weighted by molar-refractivity contribution is 6.70. The van der Waals surface area contributed by atoms with E-state index in [2.05, 4.69) is 19.6 Å². The van der Waals surface area contributed by atoms with Crippen molar-refractivity contribution in [1.29, 1.82) is 0 Å². The number of rotatable bonds is 5. The fourth-order valence-electron chi connectivity index (χ4n) is 1.51. The average Bonchev–Trinajstić information content (AvgIpc) is 2.10. The molecule has 0 rings (SSSR count). The zero-order valence-electron chi connectivity index (χ0n) is 11.2. The van der Waals surface area contributed by atoms with Gasteiger partial charge in [-0.25, -0.2) is 0 Å². The maximum Gasteiger partial charge on any atom is 0.241 e. The van der Waals surface area contributed by atoms with Gasteiger partial charge < -0.3 is 9.53 Å². The quantitative estimate of drug-likeness (QED) is 0.579. The van der Waals surface area contributed by atoms with E-state index in [-0.39, 0.29) is 17.9 Å². The smallest absolute Gasteiger partial charge is 0.241 e. The third-order valence-electron chi connectivity index (χ3n) is 2.35. The first kappa shape index (κ1) is 14.7. The van der Waals surface area contributed by atoms with Crippen molar-refractivity contribution < 1.29 is 9.53 Å². The van der Waals surface area contributed by atoms with E-state index in [9.17, 15) is 5.11 Å². The van der Waals surface area contributed by atoms with Crippen molar-refractivity contribution in [2.75, 3.05) is 0 Å². The molecule has 0 unspecified atom stereocenters. The van der Waals surface area contributed by atoms with Crippen LogP contribution in [-0.4, -0.2) is 19.5 Å². The summed E-state index contributed by atoms with van der Waals surface area (Å²) in [5.74, 6) is 1.29. The van der Waals surface area contributed by atoms with Crippen LogP contribution in [-0.2, 0) is 4.43 Å². The van der Waals surface area contributed by atoms with E-state index >= 15 is 0 Å². The van der Waals surface area contributed by atoms with Crippen molar-refractivity contribution in [2.24, 2.45) is 11.8 Å². The molecule has 0 aliphatic carbocycles. The Morgan fingerprint density at radius 1 is 1.20 bits per heavy atom. The highest BCUT2D eigenvalue weighted by Gasteiger charge is 2.26. The summed E-state index contributed by atoms with van der Waals surface area (Å²) in [5.41, 5.74) is 0. The summed E-state index contributed by atoms with van der Waals surface area (Å²) in [6, 6.07) is 0. The topological polar surface area (TPSA) is 29.5 Å². The fraction of sp³-hybridized carbons (Fsp3) is 0.833. The monoisotopic (exact) mass is 230 g/mol. The van der Waals surface area contributed by atoms with Gasteiger partial charge in [-0.3, -0.25) is 0 Å². The molecule has 0 heterocycles. The van der Waals surface area contributed by atoms with Gasteiger partial charge in [-0.2, -0.15) is 0 Å². The Kier molecular flexibility index (Phi) is 5.60. The standard InChI is InChI=1S/C12H26O2Si/c1-8-11(14-15(5,6)7)10(4)12(13)9(2)3/h8-10,12-13H,1-7H3/b11-8+/t10-,12+/m1/s1. The number of aliphatic hydroxyl groups excluding tert-OH is 1. The van der Waals surface area contributed by atoms with Crippen molar-refractivity contribution in [2.45, 2.75) is 53.4 Å². The zero-order valence-corrected chi connectivity index (χ0v) is 12.2. The summed E-state index contributed by atoms with van der Waals surface area (Å²) in [4.78, 5) is 0. The summed E-state index contributed by atoms with van der Waals surface area (Å²) < 4.78 is 5.96. The third-order valence-corrected chi connectivity index (χ3v) is 3.20. The van der Waals surface area contributed by atoms with Crippen LogP contribution in [0.4, 0.5) is 0 Å². The van der Waals surface area contributed by atoms with Gasteiger partial charge >= 0.3 is 0 Å². The number of hydrogen-bond acceptors (Lipinski definition) is 2. The molecule has 0 aliphatic rings. The van der Waals surface area contributed by atoms with Crippen LogP contribution in [0.1, 0.15) is 27.7 Å². The largest absolute Gasteiger partial charge is 0.547 e. The predicted octanol–water partition coefficient (Wildman–Crippen LogP) is 3.39. The molecule has 0 saturated heterocycles. The fourth-order valence-corrected chi connectivity index (χ4v) is 2.52. The van der Waals surface area contributed by atoms with Crippen molar-refractivity contribution >= 4 is 8.32 Å². The first-order chi connectivity index (χ1) is 6.69. The molecule has 90 valence electrons. The van der Waals surface area contributed by atoms with Gasteiger partial charge in [0.1, 0.15) is 0 Å². The van der Waals surface area contributed by atoms with Crippen LogP contribution in [0.15, 0.2) is 11.8 Å². The SMILES string of the molecule is C/C=C(/O[Si](C)(C)C)[C@@H](C)[C@@H](O)C(C)C. The Bertz CT molecular complexity index is 216. The summed E-state index contributed by atoms with van der Waals surface area (Å²) in [6.07, 6.45) is 1.65. The Morgan fingerprint density at radius 3 is 1.93 bits per heavy atom. The molecular formula is C12H26O2Si. The van der Waals surface area contributed by atoms with E-state index in [1.54, 1.807) is 0 Å². The van der Waals surface area contributed by atoms with Gasteiger partial charge in [-0.1, -0.05) is 26.8 Å². The third kappa shape index (κ3) is 5.38. The first-order valence-electron chi connectivity index (χ1n) is 5.72. The molecule has 2 atom stereocenters. The molecule has 3 heteroatoms. The molecule has 0 radical (unpaired) electrons. The molecule has 0 saturated carbocycles. The Morgan fingerprint density at radius 2 is 1.67 bits per heavy atom. The molecular weight excluding hydrogens is 204 g/mol. The normalized spacial score (nSPS) is 17.8. The minimum Gasteiger partial charge on any atom is -0.547 e. The van der Waals surface area contributed by atoms with Gasteiger partial charge in [-0.05, 0) is 32.5 Å². The maximum atomic E-state index is 9.99. The molecule has 1 N–H and O–H groups in total. The number of hydrogen-bond donors (Lipinski definition) is 1. The molecule has 0 aromatic rings. The van der Waals surface area contributed by atoms with Crippen LogP contribution in [0.3, 0.4) is 0 Å². The lowest BCUT2D eigenvalue weighted by Crippen LogP contribution is -2.32. The molecule has 0 fully saturated rings. The van der Waals surface area contributed by atoms with Crippen LogP contribution in [0.5, 0.6) is 0 Å². The van der Waals surface area contributed by atoms with Crippen LogP contribution < -0.4 is 0 Å². The van der Waals surface area contributed by atoms with Crippen LogP contribution >= 0.6 is 0 Å². The van der Waals surface area contributed by atoms with Crippen molar-refractivity contribution in [1.82, 2.24) is 0 Å². The maximum absolute atomic E-state index is 9.99. The van der Waals surface area contributed by atoms with E-state index < -0.39 is 8.32 Å². The van der Waals surface area contributed by atoms with E-state index in [4.69, 9.17) is 4.43 Å². The van der Waals surface area contributed by atoms with Crippen molar-refractivity contribution in [3.63, 3.8) is 0 Å². The van der Waals surface area contributed by atoms with Gasteiger partial charge in [0.05, 0.1) is 11.9 Å².